The topological polar surface area (TPSA) is 43.4 Å². The van der Waals surface area contributed by atoms with Gasteiger partial charge in [-0.05, 0) is 36.5 Å². The fourth-order valence-corrected chi connectivity index (χ4v) is 4.99. The summed E-state index contributed by atoms with van der Waals surface area (Å²) in [6.45, 7) is 0. The molecule has 0 aromatic carbocycles. The molecule has 3 heteroatoms. The number of hydrogen-bond donors (Lipinski definition) is 0. The third-order valence-electron chi connectivity index (χ3n) is 5.21. The lowest BCUT2D eigenvalue weighted by Crippen LogP contribution is -2.35. The van der Waals surface area contributed by atoms with Gasteiger partial charge in [0.2, 0.25) is 0 Å². The van der Waals surface area contributed by atoms with Crippen molar-refractivity contribution in [1.29, 1.82) is 0 Å². The second-order valence-electron chi connectivity index (χ2n) is 5.28. The molecule has 4 aliphatic carbocycles. The lowest BCUT2D eigenvalue weighted by Gasteiger charge is -2.23. The molecule has 4 fully saturated rings. The van der Waals surface area contributed by atoms with Crippen molar-refractivity contribution in [1.82, 2.24) is 0 Å². The molecule has 0 radical (unpaired) electrons. The molecule has 0 heterocycles. The van der Waals surface area contributed by atoms with E-state index >= 15 is 0 Å². The van der Waals surface area contributed by atoms with Crippen molar-refractivity contribution in [3.05, 3.63) is 0 Å². The van der Waals surface area contributed by atoms with Gasteiger partial charge in [0.05, 0.1) is 7.11 Å². The predicted octanol–water partition coefficient (Wildman–Crippen LogP) is 0.630. The van der Waals surface area contributed by atoms with Crippen LogP contribution in [0.4, 0.5) is 0 Å². The molecule has 14 heavy (non-hydrogen) atoms. The summed E-state index contributed by atoms with van der Waals surface area (Å²) in [6, 6.07) is 0. The Hall–Kier alpha value is -0.860. The third kappa shape index (κ3) is 0.438. The first kappa shape index (κ1) is 7.43. The highest BCUT2D eigenvalue weighted by Gasteiger charge is 2.89. The zero-order valence-corrected chi connectivity index (χ0v) is 8.03. The molecule has 0 aromatic heterocycles. The number of ether oxygens (including phenoxy) is 1. The zero-order chi connectivity index (χ0) is 9.66. The summed E-state index contributed by atoms with van der Waals surface area (Å²) in [4.78, 5) is 23.8. The molecule has 0 amide bonds. The van der Waals surface area contributed by atoms with E-state index in [1.54, 1.807) is 0 Å². The number of carbonyl (C=O) groups is 2. The summed E-state index contributed by atoms with van der Waals surface area (Å²) in [5, 5.41) is 0. The molecule has 0 N–H and O–H groups in total. The maximum absolute atomic E-state index is 12.1. The number of fused-ring (bicyclic) bond motifs is 3. The van der Waals surface area contributed by atoms with Gasteiger partial charge >= 0.3 is 5.97 Å². The molecule has 6 atom stereocenters. The van der Waals surface area contributed by atoms with Crippen molar-refractivity contribution < 1.29 is 14.3 Å². The van der Waals surface area contributed by atoms with E-state index in [9.17, 15) is 9.59 Å². The minimum absolute atomic E-state index is 0.217. The summed E-state index contributed by atoms with van der Waals surface area (Å²) < 4.78 is 4.81. The van der Waals surface area contributed by atoms with Crippen LogP contribution in [0.5, 0.6) is 0 Å². The highest BCUT2D eigenvalue weighted by Crippen LogP contribution is 2.84. The first-order valence-corrected chi connectivity index (χ1v) is 5.35. The number of Topliss-reactive ketones (excluding diaryl/α,β-unsaturated/α-hetero) is 1. The van der Waals surface area contributed by atoms with Crippen molar-refractivity contribution in [3.8, 4) is 0 Å². The maximum atomic E-state index is 12.1. The number of ketones is 1. The molecular weight excluding hydrogens is 180 g/mol. The molecule has 4 aliphatic rings. The van der Waals surface area contributed by atoms with E-state index in [2.05, 4.69) is 0 Å². The van der Waals surface area contributed by atoms with Crippen LogP contribution in [0, 0.1) is 35.0 Å². The van der Waals surface area contributed by atoms with Gasteiger partial charge in [0.1, 0.15) is 5.41 Å². The van der Waals surface area contributed by atoms with Gasteiger partial charge in [0.25, 0.3) is 0 Å². The van der Waals surface area contributed by atoms with Gasteiger partial charge in [0.15, 0.2) is 5.78 Å². The van der Waals surface area contributed by atoms with E-state index < -0.39 is 5.41 Å². The number of carbonyl (C=O) groups excluding carboxylic acids is 2. The summed E-state index contributed by atoms with van der Waals surface area (Å²) in [7, 11) is 1.40. The Morgan fingerprint density at radius 1 is 1.43 bits per heavy atom. The van der Waals surface area contributed by atoms with Gasteiger partial charge in [0, 0.05) is 5.92 Å². The smallest absolute Gasteiger partial charge is 0.319 e. The van der Waals surface area contributed by atoms with Crippen molar-refractivity contribution in [2.45, 2.75) is 12.8 Å². The van der Waals surface area contributed by atoms with Crippen molar-refractivity contribution in [2.24, 2.45) is 35.0 Å². The normalized spacial score (nSPS) is 60.6. The van der Waals surface area contributed by atoms with Gasteiger partial charge in [-0.3, -0.25) is 9.59 Å². The second kappa shape index (κ2) is 1.77. The molecule has 1 unspecified atom stereocenters. The van der Waals surface area contributed by atoms with E-state index in [-0.39, 0.29) is 17.7 Å². The maximum Gasteiger partial charge on any atom is 0.319 e. The molecule has 0 saturated heterocycles. The number of hydrogen-bond acceptors (Lipinski definition) is 3. The lowest BCUT2D eigenvalue weighted by molar-refractivity contribution is -0.154. The van der Waals surface area contributed by atoms with Crippen LogP contribution in [0.25, 0.3) is 0 Å². The number of esters is 1. The molecule has 0 spiro atoms. The van der Waals surface area contributed by atoms with Crippen LogP contribution >= 0.6 is 0 Å². The number of rotatable bonds is 1. The van der Waals surface area contributed by atoms with Crippen LogP contribution in [0.15, 0.2) is 0 Å². The highest BCUT2D eigenvalue weighted by molar-refractivity contribution is 6.12. The van der Waals surface area contributed by atoms with E-state index in [0.29, 0.717) is 23.7 Å². The zero-order valence-electron chi connectivity index (χ0n) is 8.03. The summed E-state index contributed by atoms with van der Waals surface area (Å²) in [5.41, 5.74) is -0.634. The van der Waals surface area contributed by atoms with E-state index in [0.717, 1.165) is 6.42 Å². The standard InChI is InChI=1S/C11H12O3/c1-14-10(13)11-7-4-2-5(8(7)11)6(3-4)9(11)12/h4-8H,2-3H2,1H3/t4-,5+,6-,7+,8-,11?/m0/s1. The molecule has 4 saturated carbocycles. The molecular formula is C11H12O3. The average Bonchev–Trinajstić information content (AvgIpc) is 2.48. The van der Waals surface area contributed by atoms with Crippen molar-refractivity contribution >= 4 is 11.8 Å². The summed E-state index contributed by atoms with van der Waals surface area (Å²) in [5.74, 6) is 2.15. The van der Waals surface area contributed by atoms with Crippen LogP contribution in [-0.4, -0.2) is 18.9 Å². The third-order valence-corrected chi connectivity index (χ3v) is 5.21. The Labute approximate surface area is 81.8 Å². The van der Waals surface area contributed by atoms with Crippen molar-refractivity contribution in [3.63, 3.8) is 0 Å². The Morgan fingerprint density at radius 2 is 2.21 bits per heavy atom. The van der Waals surface area contributed by atoms with Crippen LogP contribution in [0.1, 0.15) is 12.8 Å². The molecule has 0 aliphatic heterocycles. The van der Waals surface area contributed by atoms with Crippen molar-refractivity contribution in [2.75, 3.05) is 7.11 Å². The minimum Gasteiger partial charge on any atom is -0.468 e. The van der Waals surface area contributed by atoms with E-state index in [1.165, 1.54) is 13.5 Å². The van der Waals surface area contributed by atoms with Crippen LogP contribution in [0.2, 0.25) is 0 Å². The lowest BCUT2D eigenvalue weighted by atomic mass is 9.79. The van der Waals surface area contributed by atoms with Gasteiger partial charge in [-0.15, -0.1) is 0 Å². The Kier molecular flexibility index (Phi) is 0.942. The number of methoxy groups -OCH3 is 1. The molecule has 3 nitrogen and oxygen atoms in total. The monoisotopic (exact) mass is 192 g/mol. The quantitative estimate of drug-likeness (QED) is 0.452. The Bertz CT molecular complexity index is 369. The van der Waals surface area contributed by atoms with Gasteiger partial charge in [-0.1, -0.05) is 0 Å². The SMILES string of the molecule is COC(=O)C12C(=O)[C@H]3C[C@@H]4C[C@H]3[C@H]1[C@@H]42. The van der Waals surface area contributed by atoms with Gasteiger partial charge < -0.3 is 4.74 Å². The Morgan fingerprint density at radius 3 is 2.79 bits per heavy atom. The van der Waals surface area contributed by atoms with Gasteiger partial charge in [-0.2, -0.15) is 0 Å². The highest BCUT2D eigenvalue weighted by atomic mass is 16.5. The first-order chi connectivity index (χ1) is 6.72. The van der Waals surface area contributed by atoms with Crippen LogP contribution in [0.3, 0.4) is 0 Å². The summed E-state index contributed by atoms with van der Waals surface area (Å²) >= 11 is 0. The van der Waals surface area contributed by atoms with E-state index in [4.69, 9.17) is 4.74 Å². The van der Waals surface area contributed by atoms with Crippen LogP contribution < -0.4 is 0 Å². The molecule has 4 rings (SSSR count). The van der Waals surface area contributed by atoms with Crippen LogP contribution in [-0.2, 0) is 14.3 Å². The minimum atomic E-state index is -0.634. The van der Waals surface area contributed by atoms with E-state index in [1.807, 2.05) is 0 Å². The second-order valence-corrected chi connectivity index (χ2v) is 5.28. The fourth-order valence-electron chi connectivity index (χ4n) is 4.99. The molecule has 2 bridgehead atoms. The molecule has 0 aromatic rings. The summed E-state index contributed by atoms with van der Waals surface area (Å²) in [6.07, 6.45) is 2.26. The average molecular weight is 192 g/mol. The first-order valence-electron chi connectivity index (χ1n) is 5.35. The predicted molar refractivity (Wildman–Crippen MR) is 46.1 cm³/mol. The molecule has 74 valence electrons. The van der Waals surface area contributed by atoms with Gasteiger partial charge in [-0.25, -0.2) is 0 Å². The Balaban J connectivity index is 1.87. The largest absolute Gasteiger partial charge is 0.468 e. The fraction of sp³-hybridized carbons (Fsp3) is 0.818.